The van der Waals surface area contributed by atoms with Crippen LogP contribution in [0.1, 0.15) is 26.3 Å². The predicted molar refractivity (Wildman–Crippen MR) is 77.0 cm³/mol. The Morgan fingerprint density at radius 2 is 1.70 bits per heavy atom. The number of hydrogen-bond acceptors (Lipinski definition) is 5. The Morgan fingerprint density at radius 3 is 2.30 bits per heavy atom. The SMILES string of the molecule is CCO[Si](OCC)(OCC)c1ccc2c(c1)COCO2. The quantitative estimate of drug-likeness (QED) is 0.718. The van der Waals surface area contributed by atoms with Crippen molar-refractivity contribution in [2.24, 2.45) is 0 Å². The first-order chi connectivity index (χ1) is 9.75. The van der Waals surface area contributed by atoms with E-state index in [1.54, 1.807) is 0 Å². The molecule has 1 heterocycles. The third-order valence-corrected chi connectivity index (χ3v) is 6.00. The molecule has 0 aliphatic carbocycles. The van der Waals surface area contributed by atoms with E-state index >= 15 is 0 Å². The van der Waals surface area contributed by atoms with Crippen LogP contribution in [0.5, 0.6) is 5.75 Å². The Balaban J connectivity index is 2.36. The molecular weight excluding hydrogens is 276 g/mol. The van der Waals surface area contributed by atoms with E-state index in [9.17, 15) is 0 Å². The van der Waals surface area contributed by atoms with E-state index < -0.39 is 8.80 Å². The minimum atomic E-state index is -2.84. The van der Waals surface area contributed by atoms with Gasteiger partial charge in [-0.2, -0.15) is 0 Å². The second-order valence-electron chi connectivity index (χ2n) is 4.29. The van der Waals surface area contributed by atoms with Crippen LogP contribution in [0.25, 0.3) is 0 Å². The summed E-state index contributed by atoms with van der Waals surface area (Å²) in [4.78, 5) is 0. The molecule has 20 heavy (non-hydrogen) atoms. The lowest BCUT2D eigenvalue weighted by molar-refractivity contribution is -0.0163. The molecule has 0 saturated carbocycles. The lowest BCUT2D eigenvalue weighted by Gasteiger charge is -2.29. The predicted octanol–water partition coefficient (Wildman–Crippen LogP) is 1.81. The standard InChI is InChI=1S/C14H22O5Si/c1-4-17-20(18-5-2,19-6-3)13-7-8-14-12(9-13)10-15-11-16-14/h7-9H,4-6,10-11H2,1-3H3. The molecule has 0 N–H and O–H groups in total. The summed E-state index contributed by atoms with van der Waals surface area (Å²) < 4.78 is 28.5. The van der Waals surface area contributed by atoms with E-state index in [0.29, 0.717) is 33.2 Å². The molecule has 1 aliphatic rings. The van der Waals surface area contributed by atoms with Crippen molar-refractivity contribution in [1.82, 2.24) is 0 Å². The fourth-order valence-electron chi connectivity index (χ4n) is 2.23. The van der Waals surface area contributed by atoms with Crippen LogP contribution < -0.4 is 9.92 Å². The van der Waals surface area contributed by atoms with Crippen molar-refractivity contribution in [3.05, 3.63) is 23.8 Å². The third-order valence-electron chi connectivity index (χ3n) is 2.97. The zero-order chi connectivity index (χ0) is 14.4. The summed E-state index contributed by atoms with van der Waals surface area (Å²) in [5.41, 5.74) is 1.00. The normalized spacial score (nSPS) is 14.8. The van der Waals surface area contributed by atoms with Gasteiger partial charge >= 0.3 is 8.80 Å². The Labute approximate surface area is 121 Å². The number of rotatable bonds is 7. The molecule has 0 bridgehead atoms. The van der Waals surface area contributed by atoms with Crippen molar-refractivity contribution < 1.29 is 22.8 Å². The molecule has 0 atom stereocenters. The topological polar surface area (TPSA) is 46.2 Å². The molecule has 112 valence electrons. The van der Waals surface area contributed by atoms with Crippen LogP contribution in [0.4, 0.5) is 0 Å². The highest BCUT2D eigenvalue weighted by Crippen LogP contribution is 2.23. The van der Waals surface area contributed by atoms with Gasteiger partial charge in [0.15, 0.2) is 6.79 Å². The molecule has 0 fully saturated rings. The fourth-order valence-corrected chi connectivity index (χ4v) is 4.75. The summed E-state index contributed by atoms with van der Waals surface area (Å²) in [6.07, 6.45) is 0. The first-order valence-electron chi connectivity index (χ1n) is 7.01. The molecule has 0 aromatic heterocycles. The molecule has 0 unspecified atom stereocenters. The summed E-state index contributed by atoms with van der Waals surface area (Å²) >= 11 is 0. The number of hydrogen-bond donors (Lipinski definition) is 0. The van der Waals surface area contributed by atoms with Crippen molar-refractivity contribution in [3.63, 3.8) is 0 Å². The van der Waals surface area contributed by atoms with Crippen LogP contribution in [0.2, 0.25) is 0 Å². The van der Waals surface area contributed by atoms with Gasteiger partial charge in [0, 0.05) is 30.6 Å². The maximum Gasteiger partial charge on any atom is 0.537 e. The summed E-state index contributed by atoms with van der Waals surface area (Å²) in [6, 6.07) is 5.92. The monoisotopic (exact) mass is 298 g/mol. The van der Waals surface area contributed by atoms with Crippen molar-refractivity contribution >= 4 is 14.0 Å². The van der Waals surface area contributed by atoms with Gasteiger partial charge in [-0.3, -0.25) is 0 Å². The minimum Gasteiger partial charge on any atom is -0.467 e. The van der Waals surface area contributed by atoms with Gasteiger partial charge in [-0.15, -0.1) is 0 Å². The largest absolute Gasteiger partial charge is 0.537 e. The zero-order valence-corrected chi connectivity index (χ0v) is 13.3. The Bertz CT molecular complexity index is 421. The van der Waals surface area contributed by atoms with E-state index in [0.717, 1.165) is 16.5 Å². The molecule has 1 aromatic carbocycles. The van der Waals surface area contributed by atoms with Crippen molar-refractivity contribution in [2.75, 3.05) is 26.6 Å². The second kappa shape index (κ2) is 7.19. The summed E-state index contributed by atoms with van der Waals surface area (Å²) in [5.74, 6) is 0.854. The van der Waals surface area contributed by atoms with E-state index in [4.69, 9.17) is 22.8 Å². The minimum absolute atomic E-state index is 0.303. The van der Waals surface area contributed by atoms with Crippen LogP contribution in [-0.4, -0.2) is 35.4 Å². The van der Waals surface area contributed by atoms with Crippen LogP contribution in [-0.2, 0) is 24.6 Å². The summed E-state index contributed by atoms with van der Waals surface area (Å²) in [5, 5.41) is 0.955. The maximum absolute atomic E-state index is 5.90. The van der Waals surface area contributed by atoms with Gasteiger partial charge in [0.25, 0.3) is 0 Å². The molecule has 0 spiro atoms. The summed E-state index contributed by atoms with van der Waals surface area (Å²) in [7, 11) is -2.84. The first kappa shape index (κ1) is 15.5. The van der Waals surface area contributed by atoms with E-state index in [1.807, 2.05) is 39.0 Å². The lowest BCUT2D eigenvalue weighted by atomic mass is 10.2. The highest BCUT2D eigenvalue weighted by Gasteiger charge is 2.43. The molecule has 2 rings (SSSR count). The maximum atomic E-state index is 5.90. The molecule has 0 saturated heterocycles. The van der Waals surface area contributed by atoms with Gasteiger partial charge in [0.2, 0.25) is 0 Å². The molecular formula is C14H22O5Si. The highest BCUT2D eigenvalue weighted by atomic mass is 28.4. The zero-order valence-electron chi connectivity index (χ0n) is 12.3. The van der Waals surface area contributed by atoms with Gasteiger partial charge < -0.3 is 22.8 Å². The molecule has 6 heteroatoms. The number of ether oxygens (including phenoxy) is 2. The molecule has 0 amide bonds. The third kappa shape index (κ3) is 3.21. The van der Waals surface area contributed by atoms with Gasteiger partial charge in [-0.25, -0.2) is 0 Å². The average Bonchev–Trinajstić information content (AvgIpc) is 2.47. The highest BCUT2D eigenvalue weighted by molar-refractivity contribution is 6.75. The molecule has 5 nitrogen and oxygen atoms in total. The van der Waals surface area contributed by atoms with Crippen LogP contribution >= 0.6 is 0 Å². The van der Waals surface area contributed by atoms with Crippen LogP contribution in [0.3, 0.4) is 0 Å². The van der Waals surface area contributed by atoms with E-state index in [2.05, 4.69) is 0 Å². The number of fused-ring (bicyclic) bond motifs is 1. The van der Waals surface area contributed by atoms with Crippen molar-refractivity contribution in [1.29, 1.82) is 0 Å². The second-order valence-corrected chi connectivity index (χ2v) is 6.84. The lowest BCUT2D eigenvalue weighted by Crippen LogP contribution is -2.57. The van der Waals surface area contributed by atoms with Gasteiger partial charge in [-0.1, -0.05) is 6.07 Å². The Morgan fingerprint density at radius 1 is 1.05 bits per heavy atom. The van der Waals surface area contributed by atoms with Gasteiger partial charge in [0.05, 0.1) is 6.61 Å². The Hall–Kier alpha value is -0.923. The first-order valence-corrected chi connectivity index (χ1v) is 8.74. The van der Waals surface area contributed by atoms with Crippen LogP contribution in [0.15, 0.2) is 18.2 Å². The molecule has 1 aliphatic heterocycles. The van der Waals surface area contributed by atoms with E-state index in [-0.39, 0.29) is 0 Å². The van der Waals surface area contributed by atoms with Crippen molar-refractivity contribution in [3.8, 4) is 5.75 Å². The smallest absolute Gasteiger partial charge is 0.467 e. The number of benzene rings is 1. The van der Waals surface area contributed by atoms with Crippen LogP contribution in [0, 0.1) is 0 Å². The molecule has 0 radical (unpaired) electrons. The van der Waals surface area contributed by atoms with E-state index in [1.165, 1.54) is 0 Å². The summed E-state index contributed by atoms with van der Waals surface area (Å²) in [6.45, 7) is 8.34. The fraction of sp³-hybridized carbons (Fsp3) is 0.571. The van der Waals surface area contributed by atoms with Gasteiger partial charge in [0.1, 0.15) is 5.75 Å². The average molecular weight is 298 g/mol. The Kier molecular flexibility index (Phi) is 5.56. The van der Waals surface area contributed by atoms with Gasteiger partial charge in [-0.05, 0) is 32.9 Å². The molecule has 1 aromatic rings. The van der Waals surface area contributed by atoms with Crippen molar-refractivity contribution in [2.45, 2.75) is 27.4 Å².